The van der Waals surface area contributed by atoms with Gasteiger partial charge in [-0.2, -0.15) is 0 Å². The van der Waals surface area contributed by atoms with Gasteiger partial charge < -0.3 is 5.32 Å². The molecule has 0 spiro atoms. The van der Waals surface area contributed by atoms with Crippen LogP contribution in [-0.4, -0.2) is 36.3 Å². The zero-order valence-electron chi connectivity index (χ0n) is 10.1. The van der Waals surface area contributed by atoms with Crippen molar-refractivity contribution >= 4 is 11.8 Å². The van der Waals surface area contributed by atoms with Gasteiger partial charge in [0.05, 0.1) is 12.5 Å². The molecule has 18 heavy (non-hydrogen) atoms. The average Bonchev–Trinajstić information content (AvgIpc) is 2.60. The van der Waals surface area contributed by atoms with Crippen molar-refractivity contribution < 1.29 is 14.0 Å². The van der Waals surface area contributed by atoms with Crippen LogP contribution in [-0.2, 0) is 16.0 Å². The van der Waals surface area contributed by atoms with Gasteiger partial charge in [0, 0.05) is 13.6 Å². The van der Waals surface area contributed by atoms with Crippen molar-refractivity contribution in [3.63, 3.8) is 0 Å². The van der Waals surface area contributed by atoms with Crippen LogP contribution in [0.5, 0.6) is 0 Å². The van der Waals surface area contributed by atoms with Crippen LogP contribution in [0.4, 0.5) is 4.39 Å². The molecule has 1 atom stereocenters. The Morgan fingerprint density at radius 1 is 1.39 bits per heavy atom. The predicted octanol–water partition coefficient (Wildman–Crippen LogP) is 0.715. The molecular formula is C13H15FN2O2. The van der Waals surface area contributed by atoms with Gasteiger partial charge in [-0.05, 0) is 18.1 Å². The van der Waals surface area contributed by atoms with Crippen molar-refractivity contribution in [2.45, 2.75) is 18.9 Å². The molecule has 2 rings (SSSR count). The van der Waals surface area contributed by atoms with Gasteiger partial charge in [0.15, 0.2) is 0 Å². The molecule has 0 radical (unpaired) electrons. The standard InChI is InChI=1S/C13H15FN2O2/c1-16-12(17)8-11(13(16)18)15-7-6-9-4-2-3-5-10(9)14/h2-5,11,15H,6-8H2,1H3. The summed E-state index contributed by atoms with van der Waals surface area (Å²) in [4.78, 5) is 24.0. The van der Waals surface area contributed by atoms with E-state index in [1.165, 1.54) is 13.1 Å². The van der Waals surface area contributed by atoms with Crippen molar-refractivity contribution in [3.05, 3.63) is 35.6 Å². The van der Waals surface area contributed by atoms with E-state index in [0.29, 0.717) is 18.5 Å². The molecule has 1 aromatic rings. The number of carbonyl (C=O) groups excluding carboxylic acids is 2. The second-order valence-corrected chi connectivity index (χ2v) is 4.34. The second kappa shape index (κ2) is 5.27. The molecule has 1 fully saturated rings. The summed E-state index contributed by atoms with van der Waals surface area (Å²) in [5.41, 5.74) is 0.607. The van der Waals surface area contributed by atoms with Crippen molar-refractivity contribution in [1.29, 1.82) is 0 Å². The fraction of sp³-hybridized carbons (Fsp3) is 0.385. The summed E-state index contributed by atoms with van der Waals surface area (Å²) in [5, 5.41) is 2.99. The number of imide groups is 1. The van der Waals surface area contributed by atoms with E-state index >= 15 is 0 Å². The highest BCUT2D eigenvalue weighted by atomic mass is 19.1. The molecular weight excluding hydrogens is 235 g/mol. The van der Waals surface area contributed by atoms with Crippen LogP contribution in [0.3, 0.4) is 0 Å². The second-order valence-electron chi connectivity index (χ2n) is 4.34. The summed E-state index contributed by atoms with van der Waals surface area (Å²) in [7, 11) is 1.48. The molecule has 1 aliphatic rings. The first-order chi connectivity index (χ1) is 8.59. The van der Waals surface area contributed by atoms with E-state index in [1.807, 2.05) is 0 Å². The molecule has 96 valence electrons. The number of benzene rings is 1. The first-order valence-corrected chi connectivity index (χ1v) is 5.87. The molecule has 5 heteroatoms. The van der Waals surface area contributed by atoms with Gasteiger partial charge in [-0.25, -0.2) is 4.39 Å². The van der Waals surface area contributed by atoms with Crippen LogP contribution in [0.2, 0.25) is 0 Å². The van der Waals surface area contributed by atoms with E-state index in [4.69, 9.17) is 0 Å². The van der Waals surface area contributed by atoms with Crippen LogP contribution >= 0.6 is 0 Å². The molecule has 1 heterocycles. The highest BCUT2D eigenvalue weighted by Gasteiger charge is 2.35. The minimum atomic E-state index is -0.464. The fourth-order valence-corrected chi connectivity index (χ4v) is 2.00. The van der Waals surface area contributed by atoms with Crippen molar-refractivity contribution in [2.75, 3.05) is 13.6 Å². The Labute approximate surface area is 105 Å². The Morgan fingerprint density at radius 3 is 2.72 bits per heavy atom. The maximum absolute atomic E-state index is 13.3. The first kappa shape index (κ1) is 12.7. The average molecular weight is 250 g/mol. The lowest BCUT2D eigenvalue weighted by atomic mass is 10.1. The van der Waals surface area contributed by atoms with Crippen LogP contribution in [0.1, 0.15) is 12.0 Å². The number of rotatable bonds is 4. The van der Waals surface area contributed by atoms with Crippen LogP contribution < -0.4 is 5.32 Å². The van der Waals surface area contributed by atoms with Crippen molar-refractivity contribution in [2.24, 2.45) is 0 Å². The van der Waals surface area contributed by atoms with Gasteiger partial charge >= 0.3 is 0 Å². The molecule has 1 saturated heterocycles. The lowest BCUT2D eigenvalue weighted by Crippen LogP contribution is -2.38. The number of nitrogens with one attached hydrogen (secondary N) is 1. The van der Waals surface area contributed by atoms with Crippen LogP contribution in [0.25, 0.3) is 0 Å². The molecule has 2 amide bonds. The molecule has 1 N–H and O–H groups in total. The van der Waals surface area contributed by atoms with E-state index in [-0.39, 0.29) is 24.1 Å². The Morgan fingerprint density at radius 2 is 2.11 bits per heavy atom. The number of hydrogen-bond acceptors (Lipinski definition) is 3. The number of likely N-dealkylation sites (N-methyl/N-ethyl adjacent to an activating group) is 1. The van der Waals surface area contributed by atoms with Crippen molar-refractivity contribution in [1.82, 2.24) is 10.2 Å². The van der Waals surface area contributed by atoms with E-state index in [1.54, 1.807) is 18.2 Å². The number of hydrogen-bond donors (Lipinski definition) is 1. The highest BCUT2D eigenvalue weighted by Crippen LogP contribution is 2.11. The molecule has 0 bridgehead atoms. The quantitative estimate of drug-likeness (QED) is 0.801. The summed E-state index contributed by atoms with van der Waals surface area (Å²) in [6.07, 6.45) is 0.682. The maximum atomic E-state index is 13.3. The van der Waals surface area contributed by atoms with E-state index in [0.717, 1.165) is 4.90 Å². The molecule has 4 nitrogen and oxygen atoms in total. The normalized spacial score (nSPS) is 19.7. The van der Waals surface area contributed by atoms with Gasteiger partial charge in [-0.1, -0.05) is 18.2 Å². The lowest BCUT2D eigenvalue weighted by Gasteiger charge is -2.11. The molecule has 0 saturated carbocycles. The van der Waals surface area contributed by atoms with Gasteiger partial charge in [0.2, 0.25) is 11.8 Å². The van der Waals surface area contributed by atoms with E-state index < -0.39 is 6.04 Å². The molecule has 1 aliphatic heterocycles. The predicted molar refractivity (Wildman–Crippen MR) is 64.3 cm³/mol. The SMILES string of the molecule is CN1C(=O)CC(NCCc2ccccc2F)C1=O. The Kier molecular flexibility index (Phi) is 3.72. The molecule has 1 aromatic carbocycles. The van der Waals surface area contributed by atoms with Crippen LogP contribution in [0, 0.1) is 5.82 Å². The smallest absolute Gasteiger partial charge is 0.246 e. The van der Waals surface area contributed by atoms with Gasteiger partial charge in [-0.3, -0.25) is 14.5 Å². The number of likely N-dealkylation sites (tertiary alicyclic amines) is 1. The molecule has 1 unspecified atom stereocenters. The zero-order valence-corrected chi connectivity index (χ0v) is 10.1. The Bertz CT molecular complexity index is 476. The van der Waals surface area contributed by atoms with Gasteiger partial charge in [-0.15, -0.1) is 0 Å². The zero-order chi connectivity index (χ0) is 13.1. The Hall–Kier alpha value is -1.75. The first-order valence-electron chi connectivity index (χ1n) is 5.87. The minimum Gasteiger partial charge on any atom is -0.305 e. The maximum Gasteiger partial charge on any atom is 0.246 e. The Balaban J connectivity index is 1.85. The lowest BCUT2D eigenvalue weighted by molar-refractivity contribution is -0.137. The van der Waals surface area contributed by atoms with E-state index in [2.05, 4.69) is 5.32 Å². The number of nitrogens with zero attached hydrogens (tertiary/aromatic N) is 1. The topological polar surface area (TPSA) is 49.4 Å². The third-order valence-electron chi connectivity index (χ3n) is 3.12. The highest BCUT2D eigenvalue weighted by molar-refractivity contribution is 6.05. The van der Waals surface area contributed by atoms with Gasteiger partial charge in [0.25, 0.3) is 0 Å². The number of carbonyl (C=O) groups is 2. The monoisotopic (exact) mass is 250 g/mol. The third-order valence-corrected chi connectivity index (χ3v) is 3.12. The molecule has 0 aliphatic carbocycles. The van der Waals surface area contributed by atoms with E-state index in [9.17, 15) is 14.0 Å². The molecule has 0 aromatic heterocycles. The fourth-order valence-electron chi connectivity index (χ4n) is 2.00. The van der Waals surface area contributed by atoms with Crippen LogP contribution in [0.15, 0.2) is 24.3 Å². The largest absolute Gasteiger partial charge is 0.305 e. The third kappa shape index (κ3) is 2.56. The summed E-state index contributed by atoms with van der Waals surface area (Å²) < 4.78 is 13.3. The van der Waals surface area contributed by atoms with Gasteiger partial charge in [0.1, 0.15) is 5.82 Å². The number of halogens is 1. The summed E-state index contributed by atoms with van der Waals surface area (Å²) in [6, 6.07) is 6.07. The summed E-state index contributed by atoms with van der Waals surface area (Å²) in [5.74, 6) is -0.637. The summed E-state index contributed by atoms with van der Waals surface area (Å²) >= 11 is 0. The summed E-state index contributed by atoms with van der Waals surface area (Å²) in [6.45, 7) is 0.471. The number of amides is 2. The van der Waals surface area contributed by atoms with Crippen molar-refractivity contribution in [3.8, 4) is 0 Å². The minimum absolute atomic E-state index is 0.177.